The van der Waals surface area contributed by atoms with E-state index in [-0.39, 0.29) is 0 Å². The van der Waals surface area contributed by atoms with Crippen LogP contribution in [0.5, 0.6) is 0 Å². The standard InChI is InChI=1S/C17H18.C17H16.2ClH.Zr/c2*1-13-11-16-8-4-7-15(17(16)12-13)10-9-14-5-2-3-6-14;;;/h2-8,11,14H,9-10,12H2,1H3;2-8,11-12H,9-10H2,1H3;2*1H;/q;-2;;;+2/p-2. The predicted molar refractivity (Wildman–Crippen MR) is 159 cm³/mol. The zero-order valence-electron chi connectivity index (χ0n) is 21.7. The number of rotatable bonds is 6. The van der Waals surface area contributed by atoms with Gasteiger partial charge in [0.25, 0.3) is 0 Å². The van der Waals surface area contributed by atoms with Crippen molar-refractivity contribution in [1.82, 2.24) is 0 Å². The van der Waals surface area contributed by atoms with E-state index in [2.05, 4.69) is 117 Å². The minimum atomic E-state index is -0.826. The van der Waals surface area contributed by atoms with Gasteiger partial charge in [0.15, 0.2) is 0 Å². The number of fused-ring (bicyclic) bond motifs is 2. The molecule has 6 rings (SSSR count). The van der Waals surface area contributed by atoms with Gasteiger partial charge in [0, 0.05) is 0 Å². The van der Waals surface area contributed by atoms with Crippen molar-refractivity contribution in [1.29, 1.82) is 0 Å². The van der Waals surface area contributed by atoms with Crippen LogP contribution in [0.1, 0.15) is 46.7 Å². The molecule has 0 heterocycles. The first-order valence-electron chi connectivity index (χ1n) is 13.0. The zero-order chi connectivity index (χ0) is 26.0. The summed E-state index contributed by atoms with van der Waals surface area (Å²) in [5.74, 6) is 0.654. The molecule has 0 unspecified atom stereocenters. The quantitative estimate of drug-likeness (QED) is 0.192. The van der Waals surface area contributed by atoms with Crippen LogP contribution in [0.2, 0.25) is 0 Å². The Hall–Kier alpha value is -1.92. The fourth-order valence-corrected chi connectivity index (χ4v) is 5.35. The summed E-state index contributed by atoms with van der Waals surface area (Å²) in [7, 11) is 9.87. The van der Waals surface area contributed by atoms with Gasteiger partial charge >= 0.3 is 37.9 Å². The Morgan fingerprint density at radius 3 is 2.38 bits per heavy atom. The first-order valence-corrected chi connectivity index (χ1v) is 19.3. The Kier molecular flexibility index (Phi) is 10.9. The van der Waals surface area contributed by atoms with E-state index in [1.165, 1.54) is 51.4 Å². The van der Waals surface area contributed by atoms with E-state index in [9.17, 15) is 0 Å². The summed E-state index contributed by atoms with van der Waals surface area (Å²) >= 11 is -0.826. The van der Waals surface area contributed by atoms with Gasteiger partial charge in [-0.1, -0.05) is 80.0 Å². The van der Waals surface area contributed by atoms with Crippen molar-refractivity contribution in [3.63, 3.8) is 0 Å². The summed E-state index contributed by atoms with van der Waals surface area (Å²) in [6, 6.07) is 26.6. The Balaban J connectivity index is 0.000000157. The summed E-state index contributed by atoms with van der Waals surface area (Å²) in [6.07, 6.45) is 17.1. The fourth-order valence-electron chi connectivity index (χ4n) is 5.35. The van der Waals surface area contributed by atoms with Crippen LogP contribution in [0.3, 0.4) is 0 Å². The molecule has 0 aromatic heterocycles. The average Bonchev–Trinajstić information content (AvgIpc) is 3.69. The third-order valence-corrected chi connectivity index (χ3v) is 7.14. The Morgan fingerprint density at radius 1 is 0.919 bits per heavy atom. The van der Waals surface area contributed by atoms with E-state index in [1.54, 1.807) is 11.1 Å². The predicted octanol–water partition coefficient (Wildman–Crippen LogP) is 10.1. The maximum atomic E-state index is 4.93. The van der Waals surface area contributed by atoms with Gasteiger partial charge in [0.1, 0.15) is 0 Å². The van der Waals surface area contributed by atoms with Crippen LogP contribution >= 0.6 is 17.0 Å². The first kappa shape index (κ1) is 28.1. The second kappa shape index (κ2) is 14.3. The van der Waals surface area contributed by atoms with Crippen molar-refractivity contribution in [3.05, 3.63) is 136 Å². The molecule has 0 fully saturated rings. The minimum absolute atomic E-state index is 0.654. The first-order chi connectivity index (χ1) is 18.1. The molecule has 0 nitrogen and oxygen atoms in total. The van der Waals surface area contributed by atoms with Crippen LogP contribution in [0.15, 0.2) is 103 Å². The van der Waals surface area contributed by atoms with Gasteiger partial charge in [-0.05, 0) is 48.8 Å². The zero-order valence-corrected chi connectivity index (χ0v) is 25.7. The molecule has 3 heteroatoms. The van der Waals surface area contributed by atoms with Crippen molar-refractivity contribution in [2.45, 2.75) is 46.0 Å². The molecule has 4 aromatic carbocycles. The van der Waals surface area contributed by atoms with E-state index in [4.69, 9.17) is 17.0 Å². The molecular weight excluding hydrogens is 571 g/mol. The van der Waals surface area contributed by atoms with E-state index >= 15 is 0 Å². The van der Waals surface area contributed by atoms with Gasteiger partial charge in [0.05, 0.1) is 0 Å². The van der Waals surface area contributed by atoms with Gasteiger partial charge in [0.2, 0.25) is 0 Å². The maximum absolute atomic E-state index is 4.93. The molecule has 0 aliphatic heterocycles. The van der Waals surface area contributed by atoms with Crippen LogP contribution in [0.4, 0.5) is 0 Å². The fraction of sp³-hybridized carbons (Fsp3) is 0.235. The second-order valence-corrected chi connectivity index (χ2v) is 13.7. The van der Waals surface area contributed by atoms with Crippen LogP contribution < -0.4 is 0 Å². The summed E-state index contributed by atoms with van der Waals surface area (Å²) in [6.45, 7) is 4.40. The number of hydrogen-bond acceptors (Lipinski definition) is 0. The number of benzene rings is 2. The summed E-state index contributed by atoms with van der Waals surface area (Å²) in [5, 5.41) is 2.80. The molecule has 2 aliphatic rings. The molecule has 0 saturated heterocycles. The number of aryl methyl sites for hydroxylation is 4. The molecule has 0 spiro atoms. The van der Waals surface area contributed by atoms with Crippen molar-refractivity contribution >= 4 is 33.9 Å². The number of allylic oxidation sites excluding steroid dienone is 5. The third-order valence-electron chi connectivity index (χ3n) is 7.14. The van der Waals surface area contributed by atoms with E-state index in [0.717, 1.165) is 19.3 Å². The van der Waals surface area contributed by atoms with Crippen LogP contribution in [-0.2, 0) is 46.5 Å². The van der Waals surface area contributed by atoms with Crippen molar-refractivity contribution in [2.24, 2.45) is 5.92 Å². The molecule has 2 aliphatic carbocycles. The van der Waals surface area contributed by atoms with Gasteiger partial charge in [-0.2, -0.15) is 23.8 Å². The van der Waals surface area contributed by atoms with Gasteiger partial charge < -0.3 is 0 Å². The Bertz CT molecular complexity index is 1360. The Morgan fingerprint density at radius 2 is 1.62 bits per heavy atom. The van der Waals surface area contributed by atoms with Gasteiger partial charge in [-0.15, -0.1) is 40.1 Å². The van der Waals surface area contributed by atoms with E-state index < -0.39 is 20.8 Å². The molecule has 0 bridgehead atoms. The van der Waals surface area contributed by atoms with Crippen LogP contribution in [0.25, 0.3) is 16.8 Å². The SMILES string of the molecule is CC1=Cc2cccc(CCC3C=CC=C3)c2C1.Cc1cc2cccc(CC[c-]3cccc3)c2[cH-]1.[Cl][Zr][Cl]. The number of hydrogen-bond donors (Lipinski definition) is 0. The summed E-state index contributed by atoms with van der Waals surface area (Å²) in [5.41, 5.74) is 10.3. The molecule has 4 aromatic rings. The number of halogens is 2. The summed E-state index contributed by atoms with van der Waals surface area (Å²) in [4.78, 5) is 0. The molecule has 0 atom stereocenters. The van der Waals surface area contributed by atoms with E-state index in [0.29, 0.717) is 5.92 Å². The molecule has 190 valence electrons. The van der Waals surface area contributed by atoms with Crippen molar-refractivity contribution in [2.75, 3.05) is 0 Å². The normalized spacial score (nSPS) is 13.6. The van der Waals surface area contributed by atoms with E-state index in [1.807, 2.05) is 0 Å². The molecule has 0 saturated carbocycles. The average molecular weight is 605 g/mol. The van der Waals surface area contributed by atoms with Crippen LogP contribution in [0, 0.1) is 12.8 Å². The molecule has 0 amide bonds. The molecule has 0 radical (unpaired) electrons. The monoisotopic (exact) mass is 602 g/mol. The van der Waals surface area contributed by atoms with Crippen LogP contribution in [-0.4, -0.2) is 0 Å². The third kappa shape index (κ3) is 8.03. The molecule has 37 heavy (non-hydrogen) atoms. The topological polar surface area (TPSA) is 0 Å². The Labute approximate surface area is 241 Å². The molecular formula is C34H34Cl2Zr-2. The van der Waals surface area contributed by atoms with Crippen molar-refractivity contribution < 1.29 is 20.8 Å². The van der Waals surface area contributed by atoms with Crippen molar-refractivity contribution in [3.8, 4) is 0 Å². The van der Waals surface area contributed by atoms with Gasteiger partial charge in [-0.25, -0.2) is 12.1 Å². The van der Waals surface area contributed by atoms with Gasteiger partial charge in [-0.3, -0.25) is 0 Å². The second-order valence-electron chi connectivity index (χ2n) is 9.94. The summed E-state index contributed by atoms with van der Waals surface area (Å²) < 4.78 is 0. The molecule has 0 N–H and O–H groups in total.